The fourth-order valence-electron chi connectivity index (χ4n) is 0.223. The van der Waals surface area contributed by atoms with Crippen LogP contribution >= 0.6 is 24.4 Å². The summed E-state index contributed by atoms with van der Waals surface area (Å²) < 4.78 is 0. The molecule has 0 bridgehead atoms. The average Bonchev–Trinajstić information content (AvgIpc) is 1.61. The van der Waals surface area contributed by atoms with Crippen LogP contribution in [0.1, 0.15) is 6.92 Å². The van der Waals surface area contributed by atoms with Crippen molar-refractivity contribution in [1.29, 1.82) is 0 Å². The van der Waals surface area contributed by atoms with Crippen molar-refractivity contribution in [1.82, 2.24) is 0 Å². The van der Waals surface area contributed by atoms with Crippen molar-refractivity contribution in [2.45, 2.75) is 12.4 Å². The first-order valence-corrected chi connectivity index (χ1v) is 3.86. The van der Waals surface area contributed by atoms with Crippen molar-refractivity contribution < 1.29 is 5.11 Å². The van der Waals surface area contributed by atoms with Crippen LogP contribution in [-0.2, 0) is 0 Å². The quantitative estimate of drug-likeness (QED) is 0.448. The maximum absolute atomic E-state index is 8.61. The van der Waals surface area contributed by atoms with Crippen LogP contribution in [-0.4, -0.2) is 22.0 Å². The molecule has 0 saturated carbocycles. The molecular formula is C4H10OS2. The summed E-state index contributed by atoms with van der Waals surface area (Å²) in [4.78, 5) is 0. The third-order valence-corrected chi connectivity index (χ3v) is 1.90. The molecule has 1 atom stereocenters. The van der Waals surface area contributed by atoms with Crippen LogP contribution in [0.15, 0.2) is 0 Å². The number of thiol groups is 1. The van der Waals surface area contributed by atoms with Gasteiger partial charge in [0.2, 0.25) is 0 Å². The minimum atomic E-state index is -0.229. The molecule has 0 amide bonds. The highest BCUT2D eigenvalue weighted by atomic mass is 32.2. The molecular weight excluding hydrogens is 128 g/mol. The molecule has 0 radical (unpaired) electrons. The van der Waals surface area contributed by atoms with Crippen LogP contribution in [0, 0.1) is 0 Å². The molecule has 0 aliphatic rings. The molecule has 0 heterocycles. The summed E-state index contributed by atoms with van der Waals surface area (Å²) in [6, 6.07) is 0. The maximum Gasteiger partial charge on any atom is 0.0964 e. The van der Waals surface area contributed by atoms with E-state index in [0.717, 1.165) is 11.5 Å². The molecule has 3 heteroatoms. The summed E-state index contributed by atoms with van der Waals surface area (Å²) in [7, 11) is 0. The normalized spacial score (nSPS) is 14.1. The number of rotatable bonds is 3. The molecule has 0 aliphatic carbocycles. The minimum Gasteiger partial charge on any atom is -0.383 e. The third-order valence-electron chi connectivity index (χ3n) is 0.450. The number of hydrogen-bond acceptors (Lipinski definition) is 3. The van der Waals surface area contributed by atoms with Gasteiger partial charge in [-0.15, -0.1) is 11.8 Å². The minimum absolute atomic E-state index is 0.229. The van der Waals surface area contributed by atoms with Crippen LogP contribution in [0.3, 0.4) is 0 Å². The summed E-state index contributed by atoms with van der Waals surface area (Å²) in [6.07, 6.45) is 0. The van der Waals surface area contributed by atoms with Crippen LogP contribution in [0.4, 0.5) is 0 Å². The van der Waals surface area contributed by atoms with E-state index in [4.69, 9.17) is 5.11 Å². The molecule has 0 fully saturated rings. The molecule has 7 heavy (non-hydrogen) atoms. The fraction of sp³-hybridized carbons (Fsp3) is 1.00. The van der Waals surface area contributed by atoms with Crippen molar-refractivity contribution in [3.8, 4) is 0 Å². The highest BCUT2D eigenvalue weighted by Gasteiger charge is 1.90. The second kappa shape index (κ2) is 4.81. The molecule has 0 aromatic carbocycles. The summed E-state index contributed by atoms with van der Waals surface area (Å²) in [5, 5.41) is 8.61. The van der Waals surface area contributed by atoms with Gasteiger partial charge in [-0.2, -0.15) is 12.6 Å². The smallest absolute Gasteiger partial charge is 0.0964 e. The van der Waals surface area contributed by atoms with Gasteiger partial charge in [-0.25, -0.2) is 0 Å². The van der Waals surface area contributed by atoms with Crippen LogP contribution in [0.2, 0.25) is 0 Å². The fourth-order valence-corrected chi connectivity index (χ4v) is 0.986. The molecule has 1 unspecified atom stereocenters. The Morgan fingerprint density at radius 1 is 1.86 bits per heavy atom. The highest BCUT2D eigenvalue weighted by molar-refractivity contribution is 8.00. The Morgan fingerprint density at radius 2 is 2.43 bits per heavy atom. The first kappa shape index (κ1) is 7.66. The van der Waals surface area contributed by atoms with E-state index in [1.807, 2.05) is 0 Å². The highest BCUT2D eigenvalue weighted by Crippen LogP contribution is 2.05. The second-order valence-electron chi connectivity index (χ2n) is 1.19. The standard InChI is InChI=1S/C4H10OS2/c1-4(5)7-3-2-6/h4-6H,2-3H2,1H3. The lowest BCUT2D eigenvalue weighted by atomic mass is 10.9. The zero-order valence-electron chi connectivity index (χ0n) is 4.29. The summed E-state index contributed by atoms with van der Waals surface area (Å²) >= 11 is 5.47. The Labute approximate surface area is 53.9 Å². The average molecular weight is 138 g/mol. The van der Waals surface area contributed by atoms with E-state index in [1.54, 1.807) is 6.92 Å². The van der Waals surface area contributed by atoms with E-state index in [9.17, 15) is 0 Å². The number of aliphatic hydroxyl groups excluding tert-OH is 1. The van der Waals surface area contributed by atoms with Gasteiger partial charge in [-0.1, -0.05) is 0 Å². The van der Waals surface area contributed by atoms with Gasteiger partial charge in [0.15, 0.2) is 0 Å². The first-order valence-electron chi connectivity index (χ1n) is 2.18. The molecule has 1 nitrogen and oxygen atoms in total. The third kappa shape index (κ3) is 6.66. The van der Waals surface area contributed by atoms with Gasteiger partial charge in [0.25, 0.3) is 0 Å². The molecule has 0 aromatic heterocycles. The van der Waals surface area contributed by atoms with Gasteiger partial charge < -0.3 is 5.11 Å². The van der Waals surface area contributed by atoms with Crippen molar-refractivity contribution in [2.75, 3.05) is 11.5 Å². The lowest BCUT2D eigenvalue weighted by molar-refractivity contribution is 0.284. The van der Waals surface area contributed by atoms with Gasteiger partial charge in [-0.3, -0.25) is 0 Å². The zero-order chi connectivity index (χ0) is 5.70. The zero-order valence-corrected chi connectivity index (χ0v) is 6.01. The molecule has 0 rings (SSSR count). The maximum atomic E-state index is 8.61. The lowest BCUT2D eigenvalue weighted by Gasteiger charge is -1.98. The van der Waals surface area contributed by atoms with E-state index in [-0.39, 0.29) is 5.44 Å². The van der Waals surface area contributed by atoms with Crippen molar-refractivity contribution in [2.24, 2.45) is 0 Å². The molecule has 0 aliphatic heterocycles. The largest absolute Gasteiger partial charge is 0.383 e. The topological polar surface area (TPSA) is 20.2 Å². The van der Waals surface area contributed by atoms with Crippen molar-refractivity contribution >= 4 is 24.4 Å². The van der Waals surface area contributed by atoms with Gasteiger partial charge in [0.05, 0.1) is 5.44 Å². The Kier molecular flexibility index (Phi) is 5.26. The van der Waals surface area contributed by atoms with E-state index >= 15 is 0 Å². The Balaban J connectivity index is 2.68. The number of hydrogen-bond donors (Lipinski definition) is 2. The van der Waals surface area contributed by atoms with E-state index in [1.165, 1.54) is 11.8 Å². The molecule has 0 saturated heterocycles. The lowest BCUT2D eigenvalue weighted by Crippen LogP contribution is -1.93. The van der Waals surface area contributed by atoms with Gasteiger partial charge in [0.1, 0.15) is 0 Å². The van der Waals surface area contributed by atoms with Crippen LogP contribution in [0.25, 0.3) is 0 Å². The van der Waals surface area contributed by atoms with Crippen molar-refractivity contribution in [3.05, 3.63) is 0 Å². The number of thioether (sulfide) groups is 1. The molecule has 0 aromatic rings. The summed E-state index contributed by atoms with van der Waals surface area (Å²) in [5.41, 5.74) is -0.229. The molecule has 1 N–H and O–H groups in total. The Bertz CT molecular complexity index is 38.7. The second-order valence-corrected chi connectivity index (χ2v) is 3.06. The monoisotopic (exact) mass is 138 g/mol. The van der Waals surface area contributed by atoms with Gasteiger partial charge >= 0.3 is 0 Å². The summed E-state index contributed by atoms with van der Waals surface area (Å²) in [5.74, 6) is 1.77. The van der Waals surface area contributed by atoms with Gasteiger partial charge in [0, 0.05) is 5.75 Å². The van der Waals surface area contributed by atoms with E-state index in [2.05, 4.69) is 12.6 Å². The van der Waals surface area contributed by atoms with E-state index in [0.29, 0.717) is 0 Å². The van der Waals surface area contributed by atoms with E-state index < -0.39 is 0 Å². The SMILES string of the molecule is CC(O)SCCS. The first-order chi connectivity index (χ1) is 3.27. The van der Waals surface area contributed by atoms with Crippen LogP contribution < -0.4 is 0 Å². The predicted octanol–water partition coefficient (Wildman–Crippen LogP) is 0.988. The van der Waals surface area contributed by atoms with Crippen molar-refractivity contribution in [3.63, 3.8) is 0 Å². The molecule has 0 spiro atoms. The Hall–Kier alpha value is 0.660. The van der Waals surface area contributed by atoms with Gasteiger partial charge in [-0.05, 0) is 12.7 Å². The molecule has 44 valence electrons. The Morgan fingerprint density at radius 3 is 2.57 bits per heavy atom. The summed E-state index contributed by atoms with van der Waals surface area (Å²) in [6.45, 7) is 1.76. The predicted molar refractivity (Wildman–Crippen MR) is 38.0 cm³/mol. The van der Waals surface area contributed by atoms with Crippen LogP contribution in [0.5, 0.6) is 0 Å². The number of aliphatic hydroxyl groups is 1.